The number of ether oxygens (including phenoxy) is 2. The number of H-pyrrole nitrogens is 2. The first-order chi connectivity index (χ1) is 17.9. The zero-order chi connectivity index (χ0) is 26.4. The van der Waals surface area contributed by atoms with Gasteiger partial charge in [0.25, 0.3) is 5.91 Å². The van der Waals surface area contributed by atoms with Crippen LogP contribution in [0.15, 0.2) is 36.4 Å². The van der Waals surface area contributed by atoms with Crippen LogP contribution in [0.2, 0.25) is 0 Å². The Kier molecular flexibility index (Phi) is 8.48. The molecular formula is C29H34FN3O4. The molecule has 0 fully saturated rings. The summed E-state index contributed by atoms with van der Waals surface area (Å²) < 4.78 is 25.0. The number of hydrogen-bond acceptors (Lipinski definition) is 4. The number of carbonyl (C=O) groups excluding carboxylic acids is 2. The highest BCUT2D eigenvalue weighted by Gasteiger charge is 2.15. The third kappa shape index (κ3) is 6.31. The summed E-state index contributed by atoms with van der Waals surface area (Å²) in [6, 6.07) is 10.8. The highest BCUT2D eigenvalue weighted by atomic mass is 19.1. The van der Waals surface area contributed by atoms with Crippen LogP contribution in [0.4, 0.5) is 4.39 Å². The Balaban J connectivity index is 1.28. The third-order valence-corrected chi connectivity index (χ3v) is 6.53. The van der Waals surface area contributed by atoms with Gasteiger partial charge in [0.05, 0.1) is 18.7 Å². The number of nitrogens with one attached hydrogen (secondary N) is 3. The molecule has 1 amide bonds. The van der Waals surface area contributed by atoms with Gasteiger partial charge < -0.3 is 24.8 Å². The summed E-state index contributed by atoms with van der Waals surface area (Å²) in [4.78, 5) is 30.5. The van der Waals surface area contributed by atoms with Crippen molar-refractivity contribution in [2.75, 3.05) is 19.8 Å². The molecule has 37 heavy (non-hydrogen) atoms. The first-order valence-electron chi connectivity index (χ1n) is 12.8. The van der Waals surface area contributed by atoms with E-state index in [1.54, 1.807) is 13.0 Å². The van der Waals surface area contributed by atoms with E-state index >= 15 is 0 Å². The van der Waals surface area contributed by atoms with E-state index in [4.69, 9.17) is 9.47 Å². The number of aromatic nitrogens is 2. The average Bonchev–Trinajstić information content (AvgIpc) is 3.45. The van der Waals surface area contributed by atoms with E-state index in [2.05, 4.69) is 15.3 Å². The third-order valence-electron chi connectivity index (χ3n) is 6.53. The minimum absolute atomic E-state index is 0.154. The van der Waals surface area contributed by atoms with Gasteiger partial charge in [-0.3, -0.25) is 9.59 Å². The second-order valence-electron chi connectivity index (χ2n) is 9.24. The van der Waals surface area contributed by atoms with Gasteiger partial charge >= 0.3 is 5.97 Å². The van der Waals surface area contributed by atoms with Crippen molar-refractivity contribution >= 4 is 33.7 Å². The Bertz CT molecular complexity index is 1410. The van der Waals surface area contributed by atoms with E-state index in [9.17, 15) is 14.0 Å². The molecule has 0 spiro atoms. The molecule has 0 saturated carbocycles. The summed E-state index contributed by atoms with van der Waals surface area (Å²) in [5.41, 5.74) is 4.75. The molecule has 0 aliphatic heterocycles. The molecule has 0 aliphatic carbocycles. The molecule has 3 N–H and O–H groups in total. The van der Waals surface area contributed by atoms with Crippen molar-refractivity contribution in [2.24, 2.45) is 0 Å². The molecule has 196 valence electrons. The van der Waals surface area contributed by atoms with E-state index in [1.807, 2.05) is 38.1 Å². The summed E-state index contributed by atoms with van der Waals surface area (Å²) >= 11 is 0. The minimum Gasteiger partial charge on any atom is -0.494 e. The molecule has 0 radical (unpaired) electrons. The number of halogens is 1. The molecule has 2 aromatic heterocycles. The van der Waals surface area contributed by atoms with E-state index in [0.29, 0.717) is 43.8 Å². The van der Waals surface area contributed by atoms with Crippen molar-refractivity contribution in [1.82, 2.24) is 15.3 Å². The van der Waals surface area contributed by atoms with E-state index in [-0.39, 0.29) is 17.7 Å². The SMILES string of the molecule is CCOC(=O)CCCCCOc1ccc2cc(C(=O)NCCc3c(C)[nH]c4c(F)ccc(C)c34)[nH]c2c1. The lowest BCUT2D eigenvalue weighted by Gasteiger charge is -2.06. The first-order valence-corrected chi connectivity index (χ1v) is 12.8. The number of carbonyl (C=O) groups is 2. The van der Waals surface area contributed by atoms with Crippen molar-refractivity contribution in [3.63, 3.8) is 0 Å². The molecule has 0 bridgehead atoms. The number of hydrogen-bond donors (Lipinski definition) is 3. The normalized spacial score (nSPS) is 11.2. The standard InChI is InChI=1S/C29H34FN3O4/c1-4-36-26(34)8-6-5-7-15-37-21-11-10-20-16-25(33-24(20)17-21)29(35)31-14-13-22-19(3)32-28-23(30)12-9-18(2)27(22)28/h9-12,16-17,32-33H,4-8,13-15H2,1-3H3,(H,31,35). The van der Waals surface area contributed by atoms with Crippen LogP contribution >= 0.6 is 0 Å². The fourth-order valence-corrected chi connectivity index (χ4v) is 4.64. The Labute approximate surface area is 215 Å². The lowest BCUT2D eigenvalue weighted by atomic mass is 10.0. The molecule has 7 nitrogen and oxygen atoms in total. The predicted octanol–water partition coefficient (Wildman–Crippen LogP) is 5.88. The van der Waals surface area contributed by atoms with Crippen molar-refractivity contribution in [3.8, 4) is 5.75 Å². The first kappa shape index (κ1) is 26.3. The van der Waals surface area contributed by atoms with Gasteiger partial charge in [0.2, 0.25) is 0 Å². The molecule has 0 saturated heterocycles. The number of benzene rings is 2. The van der Waals surface area contributed by atoms with Crippen LogP contribution in [0, 0.1) is 19.7 Å². The molecule has 8 heteroatoms. The van der Waals surface area contributed by atoms with Crippen LogP contribution < -0.4 is 10.1 Å². The summed E-state index contributed by atoms with van der Waals surface area (Å²) in [7, 11) is 0. The second kappa shape index (κ2) is 12.0. The smallest absolute Gasteiger partial charge is 0.305 e. The number of aromatic amines is 2. The fourth-order valence-electron chi connectivity index (χ4n) is 4.64. The lowest BCUT2D eigenvalue weighted by molar-refractivity contribution is -0.143. The van der Waals surface area contributed by atoms with Gasteiger partial charge in [0.1, 0.15) is 17.3 Å². The molecular weight excluding hydrogens is 473 g/mol. The van der Waals surface area contributed by atoms with Crippen LogP contribution in [0.3, 0.4) is 0 Å². The highest BCUT2D eigenvalue weighted by Crippen LogP contribution is 2.28. The zero-order valence-corrected chi connectivity index (χ0v) is 21.6. The Morgan fingerprint density at radius 1 is 1.03 bits per heavy atom. The van der Waals surface area contributed by atoms with E-state index in [1.165, 1.54) is 6.07 Å². The molecule has 0 unspecified atom stereocenters. The predicted molar refractivity (Wildman–Crippen MR) is 143 cm³/mol. The van der Waals surface area contributed by atoms with Crippen LogP contribution in [0.25, 0.3) is 21.8 Å². The number of fused-ring (bicyclic) bond motifs is 2. The highest BCUT2D eigenvalue weighted by molar-refractivity contribution is 5.98. The molecule has 4 rings (SSSR count). The summed E-state index contributed by atoms with van der Waals surface area (Å²) in [6.07, 6.45) is 3.55. The zero-order valence-electron chi connectivity index (χ0n) is 21.6. The molecule has 0 aliphatic rings. The summed E-state index contributed by atoms with van der Waals surface area (Å²) in [5, 5.41) is 4.78. The average molecular weight is 508 g/mol. The summed E-state index contributed by atoms with van der Waals surface area (Å²) in [5.74, 6) is 0.109. The van der Waals surface area contributed by atoms with Crippen LogP contribution in [0.1, 0.15) is 59.9 Å². The lowest BCUT2D eigenvalue weighted by Crippen LogP contribution is -2.26. The molecule has 2 heterocycles. The second-order valence-corrected chi connectivity index (χ2v) is 9.24. The van der Waals surface area contributed by atoms with Crippen LogP contribution in [-0.4, -0.2) is 41.6 Å². The van der Waals surface area contributed by atoms with Crippen molar-refractivity contribution in [1.29, 1.82) is 0 Å². The number of aryl methyl sites for hydroxylation is 2. The fraction of sp³-hybridized carbons (Fsp3) is 0.379. The quantitative estimate of drug-likeness (QED) is 0.165. The monoisotopic (exact) mass is 507 g/mol. The molecule has 2 aromatic carbocycles. The number of unbranched alkanes of at least 4 members (excludes halogenated alkanes) is 2. The van der Waals surface area contributed by atoms with Crippen molar-refractivity contribution in [3.05, 3.63) is 64.7 Å². The van der Waals surface area contributed by atoms with Crippen molar-refractivity contribution in [2.45, 2.75) is 52.9 Å². The van der Waals surface area contributed by atoms with E-state index < -0.39 is 0 Å². The van der Waals surface area contributed by atoms with E-state index in [0.717, 1.165) is 58.1 Å². The Morgan fingerprint density at radius 3 is 2.68 bits per heavy atom. The van der Waals surface area contributed by atoms with Crippen LogP contribution in [-0.2, 0) is 16.0 Å². The maximum atomic E-state index is 14.2. The number of rotatable bonds is 12. The maximum absolute atomic E-state index is 14.2. The maximum Gasteiger partial charge on any atom is 0.305 e. The number of amides is 1. The van der Waals surface area contributed by atoms with Gasteiger partial charge in [-0.25, -0.2) is 4.39 Å². The van der Waals surface area contributed by atoms with Gasteiger partial charge in [0, 0.05) is 41.0 Å². The van der Waals surface area contributed by atoms with Gasteiger partial charge in [0.15, 0.2) is 0 Å². The van der Waals surface area contributed by atoms with Crippen molar-refractivity contribution < 1.29 is 23.5 Å². The van der Waals surface area contributed by atoms with Crippen LogP contribution in [0.5, 0.6) is 5.75 Å². The largest absolute Gasteiger partial charge is 0.494 e. The van der Waals surface area contributed by atoms with Gasteiger partial charge in [-0.05, 0) is 81.8 Å². The molecule has 0 atom stereocenters. The summed E-state index contributed by atoms with van der Waals surface area (Å²) in [6.45, 7) is 7.10. The van der Waals surface area contributed by atoms with Gasteiger partial charge in [-0.15, -0.1) is 0 Å². The number of esters is 1. The Hall–Kier alpha value is -3.81. The van der Waals surface area contributed by atoms with Gasteiger partial charge in [-0.2, -0.15) is 0 Å². The molecule has 4 aromatic rings. The topological polar surface area (TPSA) is 96.2 Å². The minimum atomic E-state index is -0.269. The Morgan fingerprint density at radius 2 is 1.86 bits per heavy atom. The van der Waals surface area contributed by atoms with Gasteiger partial charge in [-0.1, -0.05) is 6.07 Å².